The van der Waals surface area contributed by atoms with Crippen LogP contribution in [0.3, 0.4) is 0 Å². The lowest BCUT2D eigenvalue weighted by Crippen LogP contribution is -2.61. The molecule has 1 saturated carbocycles. The Bertz CT molecular complexity index is 339. The number of rotatable bonds is 6. The standard InChI is InChI=1S/C16H28O3/c1-5-6-9-15(4)14(18)8-7-13(11-17)16(15,19)10-12(2)3/h5,13-14,17-19H,1-2,6-11H2,3-4H3/t13-,14-,15-,16+/m1/s1. The van der Waals surface area contributed by atoms with E-state index < -0.39 is 17.1 Å². The van der Waals surface area contributed by atoms with Crippen molar-refractivity contribution in [2.45, 2.75) is 57.7 Å². The molecule has 4 atom stereocenters. The Kier molecular flexibility index (Phi) is 5.36. The highest BCUT2D eigenvalue weighted by Crippen LogP contribution is 2.52. The second-order valence-corrected chi connectivity index (χ2v) is 6.28. The fourth-order valence-corrected chi connectivity index (χ4v) is 3.50. The number of aliphatic hydroxyl groups excluding tert-OH is 2. The van der Waals surface area contributed by atoms with Gasteiger partial charge in [-0.25, -0.2) is 0 Å². The Morgan fingerprint density at radius 1 is 1.42 bits per heavy atom. The highest BCUT2D eigenvalue weighted by molar-refractivity contribution is 5.13. The predicted octanol–water partition coefficient (Wildman–Crippen LogP) is 2.42. The third-order valence-electron chi connectivity index (χ3n) is 4.85. The summed E-state index contributed by atoms with van der Waals surface area (Å²) in [5.74, 6) is -0.206. The molecular weight excluding hydrogens is 240 g/mol. The first kappa shape index (κ1) is 16.4. The molecule has 3 heteroatoms. The molecule has 1 fully saturated rings. The maximum absolute atomic E-state index is 11.2. The molecule has 0 heterocycles. The molecule has 0 aliphatic heterocycles. The summed E-state index contributed by atoms with van der Waals surface area (Å²) in [6.45, 7) is 11.4. The monoisotopic (exact) mass is 268 g/mol. The molecule has 0 spiro atoms. The summed E-state index contributed by atoms with van der Waals surface area (Å²) in [6, 6.07) is 0. The zero-order chi connectivity index (χ0) is 14.7. The third-order valence-corrected chi connectivity index (χ3v) is 4.85. The summed E-state index contributed by atoms with van der Waals surface area (Å²) >= 11 is 0. The lowest BCUT2D eigenvalue weighted by molar-refractivity contribution is -0.204. The average Bonchev–Trinajstić information content (AvgIpc) is 2.33. The highest BCUT2D eigenvalue weighted by Gasteiger charge is 2.57. The molecule has 0 bridgehead atoms. The van der Waals surface area contributed by atoms with E-state index in [1.807, 2.05) is 19.9 Å². The van der Waals surface area contributed by atoms with Gasteiger partial charge in [-0.1, -0.05) is 18.6 Å². The van der Waals surface area contributed by atoms with Crippen molar-refractivity contribution in [3.63, 3.8) is 0 Å². The predicted molar refractivity (Wildman–Crippen MR) is 77.7 cm³/mol. The highest BCUT2D eigenvalue weighted by atomic mass is 16.3. The van der Waals surface area contributed by atoms with E-state index in [0.29, 0.717) is 25.7 Å². The maximum atomic E-state index is 11.2. The molecule has 19 heavy (non-hydrogen) atoms. The lowest BCUT2D eigenvalue weighted by atomic mass is 9.54. The molecule has 0 unspecified atom stereocenters. The van der Waals surface area contributed by atoms with Gasteiger partial charge in [0.15, 0.2) is 0 Å². The number of hydrogen-bond acceptors (Lipinski definition) is 3. The SMILES string of the molecule is C=CCC[C@]1(C)[C@H](O)CC[C@H](CO)[C@@]1(O)CC(=C)C. The topological polar surface area (TPSA) is 60.7 Å². The zero-order valence-electron chi connectivity index (χ0n) is 12.2. The van der Waals surface area contributed by atoms with Crippen LogP contribution < -0.4 is 0 Å². The Morgan fingerprint density at radius 3 is 2.53 bits per heavy atom. The Balaban J connectivity index is 3.15. The van der Waals surface area contributed by atoms with Crippen molar-refractivity contribution >= 4 is 0 Å². The van der Waals surface area contributed by atoms with Gasteiger partial charge in [0, 0.05) is 17.9 Å². The van der Waals surface area contributed by atoms with E-state index >= 15 is 0 Å². The van der Waals surface area contributed by atoms with Gasteiger partial charge in [-0.3, -0.25) is 0 Å². The molecule has 0 aromatic rings. The first-order chi connectivity index (χ1) is 8.81. The first-order valence-corrected chi connectivity index (χ1v) is 7.08. The quantitative estimate of drug-likeness (QED) is 0.648. The van der Waals surface area contributed by atoms with Gasteiger partial charge in [0.05, 0.1) is 11.7 Å². The van der Waals surface area contributed by atoms with Crippen LogP contribution in [-0.2, 0) is 0 Å². The summed E-state index contributed by atoms with van der Waals surface area (Å²) < 4.78 is 0. The van der Waals surface area contributed by atoms with Crippen molar-refractivity contribution in [3.8, 4) is 0 Å². The van der Waals surface area contributed by atoms with E-state index in [0.717, 1.165) is 12.0 Å². The Labute approximate surface area is 116 Å². The van der Waals surface area contributed by atoms with Crippen molar-refractivity contribution in [2.75, 3.05) is 6.61 Å². The average molecular weight is 268 g/mol. The van der Waals surface area contributed by atoms with E-state index in [2.05, 4.69) is 13.2 Å². The number of hydrogen-bond donors (Lipinski definition) is 3. The van der Waals surface area contributed by atoms with Crippen LogP contribution in [0.1, 0.15) is 46.0 Å². The van der Waals surface area contributed by atoms with E-state index in [4.69, 9.17) is 0 Å². The third kappa shape index (κ3) is 2.93. The van der Waals surface area contributed by atoms with Gasteiger partial charge in [0.25, 0.3) is 0 Å². The van der Waals surface area contributed by atoms with Crippen molar-refractivity contribution in [2.24, 2.45) is 11.3 Å². The van der Waals surface area contributed by atoms with E-state index in [-0.39, 0.29) is 12.5 Å². The lowest BCUT2D eigenvalue weighted by Gasteiger charge is -2.55. The molecule has 3 nitrogen and oxygen atoms in total. The van der Waals surface area contributed by atoms with Crippen LogP contribution in [-0.4, -0.2) is 33.6 Å². The summed E-state index contributed by atoms with van der Waals surface area (Å²) in [6.07, 6.45) is 4.34. The zero-order valence-corrected chi connectivity index (χ0v) is 12.2. The van der Waals surface area contributed by atoms with Crippen molar-refractivity contribution in [3.05, 3.63) is 24.8 Å². The molecule has 1 rings (SSSR count). The minimum atomic E-state index is -1.10. The van der Waals surface area contributed by atoms with Crippen LogP contribution in [0.15, 0.2) is 24.8 Å². The van der Waals surface area contributed by atoms with Crippen LogP contribution >= 0.6 is 0 Å². The molecule has 0 amide bonds. The number of aliphatic hydroxyl groups is 3. The molecule has 3 N–H and O–H groups in total. The van der Waals surface area contributed by atoms with Gasteiger partial charge in [-0.15, -0.1) is 13.2 Å². The summed E-state index contributed by atoms with van der Waals surface area (Å²) in [7, 11) is 0. The largest absolute Gasteiger partial charge is 0.396 e. The van der Waals surface area contributed by atoms with Gasteiger partial charge in [-0.05, 0) is 39.0 Å². The van der Waals surface area contributed by atoms with Gasteiger partial charge >= 0.3 is 0 Å². The van der Waals surface area contributed by atoms with Crippen LogP contribution in [0, 0.1) is 11.3 Å². The molecule has 110 valence electrons. The minimum absolute atomic E-state index is 0.0554. The van der Waals surface area contributed by atoms with Crippen LogP contribution in [0.5, 0.6) is 0 Å². The second-order valence-electron chi connectivity index (χ2n) is 6.28. The van der Waals surface area contributed by atoms with Crippen molar-refractivity contribution in [1.29, 1.82) is 0 Å². The molecule has 1 aliphatic rings. The normalized spacial score (nSPS) is 39.0. The molecule has 1 aliphatic carbocycles. The van der Waals surface area contributed by atoms with E-state index in [1.165, 1.54) is 0 Å². The van der Waals surface area contributed by atoms with E-state index in [1.54, 1.807) is 0 Å². The minimum Gasteiger partial charge on any atom is -0.396 e. The van der Waals surface area contributed by atoms with Crippen molar-refractivity contribution < 1.29 is 15.3 Å². The first-order valence-electron chi connectivity index (χ1n) is 7.08. The fourth-order valence-electron chi connectivity index (χ4n) is 3.50. The fraction of sp³-hybridized carbons (Fsp3) is 0.750. The van der Waals surface area contributed by atoms with Crippen LogP contribution in [0.4, 0.5) is 0 Å². The Morgan fingerprint density at radius 2 is 2.05 bits per heavy atom. The maximum Gasteiger partial charge on any atom is 0.0812 e. The van der Waals surface area contributed by atoms with Crippen molar-refractivity contribution in [1.82, 2.24) is 0 Å². The number of allylic oxidation sites excluding steroid dienone is 1. The van der Waals surface area contributed by atoms with Gasteiger partial charge in [-0.2, -0.15) is 0 Å². The Hall–Kier alpha value is -0.640. The molecule has 0 aromatic carbocycles. The summed E-state index contributed by atoms with van der Waals surface area (Å²) in [4.78, 5) is 0. The van der Waals surface area contributed by atoms with Gasteiger partial charge in [0.1, 0.15) is 0 Å². The van der Waals surface area contributed by atoms with Crippen LogP contribution in [0.2, 0.25) is 0 Å². The second kappa shape index (κ2) is 6.21. The van der Waals surface area contributed by atoms with Gasteiger partial charge in [0.2, 0.25) is 0 Å². The summed E-state index contributed by atoms with van der Waals surface area (Å²) in [5.41, 5.74) is -0.861. The smallest absolute Gasteiger partial charge is 0.0812 e. The molecule has 0 radical (unpaired) electrons. The van der Waals surface area contributed by atoms with Gasteiger partial charge < -0.3 is 15.3 Å². The molecular formula is C16H28O3. The van der Waals surface area contributed by atoms with Crippen LogP contribution in [0.25, 0.3) is 0 Å². The van der Waals surface area contributed by atoms with E-state index in [9.17, 15) is 15.3 Å². The summed E-state index contributed by atoms with van der Waals surface area (Å²) in [5, 5.41) is 31.2. The molecule has 0 saturated heterocycles. The molecule has 0 aromatic heterocycles.